The van der Waals surface area contributed by atoms with Gasteiger partial charge >= 0.3 is 6.18 Å². The second-order valence-electron chi connectivity index (χ2n) is 3.89. The van der Waals surface area contributed by atoms with Crippen molar-refractivity contribution in [1.29, 1.82) is 0 Å². The van der Waals surface area contributed by atoms with Crippen molar-refractivity contribution in [3.8, 4) is 0 Å². The third-order valence-corrected chi connectivity index (χ3v) is 2.41. The van der Waals surface area contributed by atoms with E-state index < -0.39 is 11.7 Å². The largest absolute Gasteiger partial charge is 0.416 e. The minimum absolute atomic E-state index is 0.0268. The van der Waals surface area contributed by atoms with Crippen molar-refractivity contribution in [1.82, 2.24) is 0 Å². The van der Waals surface area contributed by atoms with E-state index in [9.17, 15) is 13.2 Å². The monoisotopic (exact) mass is 267 g/mol. The van der Waals surface area contributed by atoms with E-state index in [4.69, 9.17) is 16.7 Å². The van der Waals surface area contributed by atoms with Crippen LogP contribution in [0.5, 0.6) is 0 Å². The van der Waals surface area contributed by atoms with Crippen LogP contribution >= 0.6 is 11.6 Å². The van der Waals surface area contributed by atoms with E-state index in [1.165, 1.54) is 6.07 Å². The van der Waals surface area contributed by atoms with Gasteiger partial charge in [0.2, 0.25) is 0 Å². The quantitative estimate of drug-likeness (QED) is 0.876. The molecule has 0 saturated heterocycles. The number of benzene rings is 1. The summed E-state index contributed by atoms with van der Waals surface area (Å²) in [5, 5.41) is 11.6. The summed E-state index contributed by atoms with van der Waals surface area (Å²) in [6.45, 7) is 2.13. The standard InChI is InChI=1S/C11H13ClF3NO/c1-7(6-17)5-16-10-3-8(11(13,14)15)2-9(12)4-10/h2-4,7,16-17H,5-6H2,1H3. The lowest BCUT2D eigenvalue weighted by Crippen LogP contribution is -2.15. The van der Waals surface area contributed by atoms with Crippen LogP contribution in [0.15, 0.2) is 18.2 Å². The summed E-state index contributed by atoms with van der Waals surface area (Å²) in [5.41, 5.74) is -0.491. The molecule has 0 aliphatic carbocycles. The minimum atomic E-state index is -4.41. The molecule has 2 nitrogen and oxygen atoms in total. The Morgan fingerprint density at radius 1 is 1.35 bits per heavy atom. The maximum atomic E-state index is 12.5. The van der Waals surface area contributed by atoms with E-state index in [-0.39, 0.29) is 17.5 Å². The van der Waals surface area contributed by atoms with Gasteiger partial charge in [-0.25, -0.2) is 0 Å². The Hall–Kier alpha value is -0.940. The van der Waals surface area contributed by atoms with Gasteiger partial charge in [0.25, 0.3) is 0 Å². The number of halogens is 4. The Morgan fingerprint density at radius 2 is 2.00 bits per heavy atom. The summed E-state index contributed by atoms with van der Waals surface area (Å²) in [4.78, 5) is 0. The van der Waals surface area contributed by atoms with Crippen molar-refractivity contribution < 1.29 is 18.3 Å². The molecule has 0 spiro atoms. The van der Waals surface area contributed by atoms with Gasteiger partial charge in [-0.3, -0.25) is 0 Å². The molecule has 6 heteroatoms. The Kier molecular flexibility index (Phi) is 4.65. The smallest absolute Gasteiger partial charge is 0.396 e. The van der Waals surface area contributed by atoms with E-state index >= 15 is 0 Å². The molecule has 0 aliphatic heterocycles. The molecule has 0 radical (unpaired) electrons. The molecule has 0 saturated carbocycles. The van der Waals surface area contributed by atoms with Gasteiger partial charge in [0, 0.05) is 23.9 Å². The summed E-state index contributed by atoms with van der Waals surface area (Å²) >= 11 is 5.62. The summed E-state index contributed by atoms with van der Waals surface area (Å²) in [7, 11) is 0. The van der Waals surface area contributed by atoms with Crippen molar-refractivity contribution in [3.63, 3.8) is 0 Å². The highest BCUT2D eigenvalue weighted by Gasteiger charge is 2.31. The van der Waals surface area contributed by atoms with Crippen molar-refractivity contribution >= 4 is 17.3 Å². The molecule has 0 amide bonds. The second kappa shape index (κ2) is 5.60. The van der Waals surface area contributed by atoms with Gasteiger partial charge in [-0.2, -0.15) is 13.2 Å². The molecule has 0 aromatic heterocycles. The molecule has 1 atom stereocenters. The zero-order valence-electron chi connectivity index (χ0n) is 9.18. The molecule has 1 unspecified atom stereocenters. The average Bonchev–Trinajstić information content (AvgIpc) is 2.24. The lowest BCUT2D eigenvalue weighted by Gasteiger charge is -2.13. The van der Waals surface area contributed by atoms with E-state index in [1.807, 2.05) is 0 Å². The highest BCUT2D eigenvalue weighted by molar-refractivity contribution is 6.30. The molecule has 96 valence electrons. The number of aliphatic hydroxyl groups is 1. The first-order valence-corrected chi connectivity index (χ1v) is 5.43. The van der Waals surface area contributed by atoms with E-state index in [1.54, 1.807) is 6.92 Å². The van der Waals surface area contributed by atoms with Crippen LogP contribution in [0.4, 0.5) is 18.9 Å². The number of hydrogen-bond acceptors (Lipinski definition) is 2. The fourth-order valence-corrected chi connectivity index (χ4v) is 1.45. The highest BCUT2D eigenvalue weighted by atomic mass is 35.5. The van der Waals surface area contributed by atoms with Gasteiger partial charge in [0.15, 0.2) is 0 Å². The number of hydrogen-bond donors (Lipinski definition) is 2. The van der Waals surface area contributed by atoms with Gasteiger partial charge in [0.1, 0.15) is 0 Å². The lowest BCUT2D eigenvalue weighted by atomic mass is 10.1. The summed E-state index contributed by atoms with van der Waals surface area (Å²) in [6, 6.07) is 3.29. The van der Waals surface area contributed by atoms with E-state index in [0.717, 1.165) is 12.1 Å². The van der Waals surface area contributed by atoms with E-state index in [0.29, 0.717) is 12.2 Å². The van der Waals surface area contributed by atoms with Crippen molar-refractivity contribution in [2.45, 2.75) is 13.1 Å². The van der Waals surface area contributed by atoms with E-state index in [2.05, 4.69) is 5.32 Å². The molecule has 0 aliphatic rings. The van der Waals surface area contributed by atoms with Crippen LogP contribution in [0.25, 0.3) is 0 Å². The van der Waals surface area contributed by atoms with Crippen molar-refractivity contribution in [2.75, 3.05) is 18.5 Å². The Balaban J connectivity index is 2.83. The Morgan fingerprint density at radius 3 is 2.53 bits per heavy atom. The predicted octanol–water partition coefficient (Wildman–Crippen LogP) is 3.40. The third-order valence-electron chi connectivity index (χ3n) is 2.19. The van der Waals surface area contributed by atoms with Gasteiger partial charge < -0.3 is 10.4 Å². The van der Waals surface area contributed by atoms with Crippen LogP contribution in [0, 0.1) is 5.92 Å². The second-order valence-corrected chi connectivity index (χ2v) is 4.33. The maximum Gasteiger partial charge on any atom is 0.416 e. The van der Waals surface area contributed by atoms with Crippen LogP contribution in [0.3, 0.4) is 0 Å². The summed E-state index contributed by atoms with van der Waals surface area (Å²) in [5.74, 6) is -0.0386. The summed E-state index contributed by atoms with van der Waals surface area (Å²) in [6.07, 6.45) is -4.41. The van der Waals surface area contributed by atoms with Crippen LogP contribution in [-0.4, -0.2) is 18.3 Å². The molecule has 17 heavy (non-hydrogen) atoms. The number of alkyl halides is 3. The molecule has 1 aromatic carbocycles. The molecule has 1 rings (SSSR count). The highest BCUT2D eigenvalue weighted by Crippen LogP contribution is 2.33. The number of nitrogens with one attached hydrogen (secondary N) is 1. The first kappa shape index (κ1) is 14.1. The van der Waals surface area contributed by atoms with Crippen LogP contribution in [0.2, 0.25) is 5.02 Å². The first-order valence-electron chi connectivity index (χ1n) is 5.05. The zero-order valence-corrected chi connectivity index (χ0v) is 9.94. The predicted molar refractivity (Wildman–Crippen MR) is 61.2 cm³/mol. The average molecular weight is 268 g/mol. The van der Waals surface area contributed by atoms with Gasteiger partial charge in [-0.1, -0.05) is 18.5 Å². The fraction of sp³-hybridized carbons (Fsp3) is 0.455. The van der Waals surface area contributed by atoms with Crippen molar-refractivity contribution in [2.24, 2.45) is 5.92 Å². The first-order chi connectivity index (χ1) is 7.82. The van der Waals surface area contributed by atoms with Gasteiger partial charge in [-0.05, 0) is 24.1 Å². The number of aliphatic hydroxyl groups excluding tert-OH is 1. The molecule has 1 aromatic rings. The maximum absolute atomic E-state index is 12.5. The molecule has 2 N–H and O–H groups in total. The molecular weight excluding hydrogens is 255 g/mol. The Labute approximate surface area is 102 Å². The summed E-state index contributed by atoms with van der Waals surface area (Å²) < 4.78 is 37.5. The normalized spacial score (nSPS) is 13.5. The zero-order chi connectivity index (χ0) is 13.1. The SMILES string of the molecule is CC(CO)CNc1cc(Cl)cc(C(F)(F)F)c1. The van der Waals surface area contributed by atoms with Gasteiger partial charge in [-0.15, -0.1) is 0 Å². The van der Waals surface area contributed by atoms with Gasteiger partial charge in [0.05, 0.1) is 5.56 Å². The van der Waals surface area contributed by atoms with Crippen LogP contribution in [0.1, 0.15) is 12.5 Å². The lowest BCUT2D eigenvalue weighted by molar-refractivity contribution is -0.137. The fourth-order valence-electron chi connectivity index (χ4n) is 1.21. The van der Waals surface area contributed by atoms with Crippen LogP contribution in [-0.2, 0) is 6.18 Å². The van der Waals surface area contributed by atoms with Crippen LogP contribution < -0.4 is 5.32 Å². The van der Waals surface area contributed by atoms with Crippen molar-refractivity contribution in [3.05, 3.63) is 28.8 Å². The topological polar surface area (TPSA) is 32.3 Å². The Bertz CT molecular complexity index is 381. The number of anilines is 1. The molecule has 0 fully saturated rings. The molecule has 0 heterocycles. The number of rotatable bonds is 4. The molecule has 0 bridgehead atoms. The molecular formula is C11H13ClF3NO. The minimum Gasteiger partial charge on any atom is -0.396 e. The third kappa shape index (κ3) is 4.44.